The number of alkyl halides is 1. The lowest BCUT2D eigenvalue weighted by Crippen LogP contribution is -1.80. The zero-order valence-electron chi connectivity index (χ0n) is 5.38. The van der Waals surface area contributed by atoms with Gasteiger partial charge in [0.15, 0.2) is 5.82 Å². The monoisotopic (exact) mass is 250 g/mol. The van der Waals surface area contributed by atoms with E-state index < -0.39 is 0 Å². The molecule has 1 fully saturated rings. The minimum Gasteiger partial charge on any atom is -0.339 e. The fourth-order valence-electron chi connectivity index (χ4n) is 0.818. The fraction of sp³-hybridized carbons (Fsp3) is 0.667. The molecule has 2 rings (SSSR count). The molecule has 1 aromatic heterocycles. The van der Waals surface area contributed by atoms with Gasteiger partial charge in [0, 0.05) is 5.92 Å². The van der Waals surface area contributed by atoms with Crippen LogP contribution < -0.4 is 0 Å². The lowest BCUT2D eigenvalue weighted by molar-refractivity contribution is 0.376. The van der Waals surface area contributed by atoms with Crippen molar-refractivity contribution in [2.75, 3.05) is 0 Å². The Morgan fingerprint density at radius 3 is 2.90 bits per heavy atom. The van der Waals surface area contributed by atoms with E-state index in [4.69, 9.17) is 4.52 Å². The van der Waals surface area contributed by atoms with Crippen LogP contribution in [0.2, 0.25) is 0 Å². The molecule has 1 saturated carbocycles. The van der Waals surface area contributed by atoms with E-state index >= 15 is 0 Å². The molecule has 0 aromatic carbocycles. The number of aromatic nitrogens is 2. The Morgan fingerprint density at radius 2 is 2.40 bits per heavy atom. The van der Waals surface area contributed by atoms with Crippen LogP contribution in [0.3, 0.4) is 0 Å². The molecule has 0 saturated heterocycles. The normalized spacial score (nSPS) is 17.7. The molecule has 0 aliphatic heterocycles. The first kappa shape index (κ1) is 6.57. The van der Waals surface area contributed by atoms with Gasteiger partial charge in [-0.15, -0.1) is 0 Å². The predicted octanol–water partition coefficient (Wildman–Crippen LogP) is 1.88. The Morgan fingerprint density at radius 1 is 1.60 bits per heavy atom. The molecule has 3 nitrogen and oxygen atoms in total. The number of rotatable bonds is 2. The van der Waals surface area contributed by atoms with Gasteiger partial charge in [-0.1, -0.05) is 27.7 Å². The van der Waals surface area contributed by atoms with Crippen LogP contribution in [0.1, 0.15) is 30.5 Å². The van der Waals surface area contributed by atoms with E-state index in [1.165, 1.54) is 12.8 Å². The molecule has 0 unspecified atom stereocenters. The molecule has 10 heavy (non-hydrogen) atoms. The number of halogens is 1. The van der Waals surface area contributed by atoms with E-state index in [-0.39, 0.29) is 0 Å². The largest absolute Gasteiger partial charge is 0.339 e. The molecule has 1 aliphatic carbocycles. The summed E-state index contributed by atoms with van der Waals surface area (Å²) in [5.41, 5.74) is 0. The third-order valence-electron chi connectivity index (χ3n) is 1.53. The van der Waals surface area contributed by atoms with Crippen LogP contribution in [-0.4, -0.2) is 10.1 Å². The van der Waals surface area contributed by atoms with Crippen molar-refractivity contribution in [3.05, 3.63) is 11.7 Å². The van der Waals surface area contributed by atoms with Gasteiger partial charge in [-0.3, -0.25) is 0 Å². The molecule has 1 heterocycles. The van der Waals surface area contributed by atoms with Crippen LogP contribution in [0.5, 0.6) is 0 Å². The second kappa shape index (κ2) is 2.48. The summed E-state index contributed by atoms with van der Waals surface area (Å²) >= 11 is 2.23. The zero-order chi connectivity index (χ0) is 6.97. The van der Waals surface area contributed by atoms with E-state index in [9.17, 15) is 0 Å². The minimum absolute atomic E-state index is 0.587. The molecular formula is C6H7IN2O. The van der Waals surface area contributed by atoms with E-state index in [0.717, 1.165) is 16.1 Å². The zero-order valence-corrected chi connectivity index (χ0v) is 7.54. The van der Waals surface area contributed by atoms with Crippen molar-refractivity contribution in [3.8, 4) is 0 Å². The predicted molar refractivity (Wildman–Crippen MR) is 44.0 cm³/mol. The Hall–Kier alpha value is -0.130. The van der Waals surface area contributed by atoms with Gasteiger partial charge in [0.1, 0.15) is 0 Å². The molecule has 0 N–H and O–H groups in total. The minimum atomic E-state index is 0.587. The molecule has 0 radical (unpaired) electrons. The van der Waals surface area contributed by atoms with E-state index in [1.807, 2.05) is 0 Å². The Kier molecular flexibility index (Phi) is 1.63. The third-order valence-corrected chi connectivity index (χ3v) is 2.21. The van der Waals surface area contributed by atoms with Crippen molar-refractivity contribution in [1.82, 2.24) is 10.1 Å². The third kappa shape index (κ3) is 1.16. The lowest BCUT2D eigenvalue weighted by atomic mass is 10.4. The van der Waals surface area contributed by atoms with Gasteiger partial charge >= 0.3 is 0 Å². The number of hydrogen-bond acceptors (Lipinski definition) is 3. The second-order valence-electron chi connectivity index (χ2n) is 2.46. The summed E-state index contributed by atoms with van der Waals surface area (Å²) in [6, 6.07) is 0. The molecule has 0 spiro atoms. The highest BCUT2D eigenvalue weighted by Gasteiger charge is 2.29. The highest BCUT2D eigenvalue weighted by molar-refractivity contribution is 14.1. The first-order chi connectivity index (χ1) is 4.90. The van der Waals surface area contributed by atoms with Gasteiger partial charge in [-0.25, -0.2) is 0 Å². The van der Waals surface area contributed by atoms with Crippen molar-refractivity contribution in [1.29, 1.82) is 0 Å². The molecule has 54 valence electrons. The summed E-state index contributed by atoms with van der Waals surface area (Å²) < 4.78 is 5.85. The van der Waals surface area contributed by atoms with E-state index in [0.29, 0.717) is 5.92 Å². The first-order valence-corrected chi connectivity index (χ1v) is 4.81. The van der Waals surface area contributed by atoms with Gasteiger partial charge in [-0.2, -0.15) is 4.98 Å². The highest BCUT2D eigenvalue weighted by atomic mass is 127. The van der Waals surface area contributed by atoms with Gasteiger partial charge in [-0.05, 0) is 12.8 Å². The molecular weight excluding hydrogens is 243 g/mol. The number of nitrogens with zero attached hydrogens (tertiary/aromatic N) is 2. The molecule has 0 atom stereocenters. The van der Waals surface area contributed by atoms with Gasteiger partial charge in [0.2, 0.25) is 5.89 Å². The van der Waals surface area contributed by atoms with Crippen LogP contribution >= 0.6 is 22.6 Å². The fourth-order valence-corrected chi connectivity index (χ4v) is 1.13. The van der Waals surface area contributed by atoms with Crippen LogP contribution in [-0.2, 0) is 4.43 Å². The lowest BCUT2D eigenvalue weighted by Gasteiger charge is -1.79. The quantitative estimate of drug-likeness (QED) is 0.594. The van der Waals surface area contributed by atoms with Gasteiger partial charge in [0.05, 0.1) is 4.43 Å². The van der Waals surface area contributed by atoms with Crippen molar-refractivity contribution >= 4 is 22.6 Å². The van der Waals surface area contributed by atoms with Crippen LogP contribution in [0.15, 0.2) is 4.52 Å². The number of hydrogen-bond donors (Lipinski definition) is 0. The summed E-state index contributed by atoms with van der Waals surface area (Å²) in [6.07, 6.45) is 2.45. The molecule has 1 aliphatic rings. The van der Waals surface area contributed by atoms with Gasteiger partial charge < -0.3 is 4.52 Å². The first-order valence-electron chi connectivity index (χ1n) is 3.28. The SMILES string of the molecule is ICc1noc(C2CC2)n1. The average molecular weight is 250 g/mol. The molecule has 0 amide bonds. The van der Waals surface area contributed by atoms with E-state index in [1.54, 1.807) is 0 Å². The maximum absolute atomic E-state index is 5.01. The summed E-state index contributed by atoms with van der Waals surface area (Å²) in [5.74, 6) is 2.25. The van der Waals surface area contributed by atoms with Crippen LogP contribution in [0.25, 0.3) is 0 Å². The maximum Gasteiger partial charge on any atom is 0.229 e. The Balaban J connectivity index is 2.19. The topological polar surface area (TPSA) is 38.9 Å². The molecule has 0 bridgehead atoms. The summed E-state index contributed by atoms with van der Waals surface area (Å²) in [4.78, 5) is 4.21. The smallest absolute Gasteiger partial charge is 0.229 e. The maximum atomic E-state index is 5.01. The summed E-state index contributed by atoms with van der Waals surface area (Å²) in [7, 11) is 0. The summed E-state index contributed by atoms with van der Waals surface area (Å²) in [5, 5.41) is 3.80. The highest BCUT2D eigenvalue weighted by Crippen LogP contribution is 2.38. The molecule has 4 heteroatoms. The Labute approximate surface area is 72.3 Å². The van der Waals surface area contributed by atoms with Crippen molar-refractivity contribution in [3.63, 3.8) is 0 Å². The van der Waals surface area contributed by atoms with Crippen molar-refractivity contribution < 1.29 is 4.52 Å². The summed E-state index contributed by atoms with van der Waals surface area (Å²) in [6.45, 7) is 0. The van der Waals surface area contributed by atoms with Crippen LogP contribution in [0.4, 0.5) is 0 Å². The van der Waals surface area contributed by atoms with Crippen LogP contribution in [0, 0.1) is 0 Å². The Bertz CT molecular complexity index is 231. The van der Waals surface area contributed by atoms with E-state index in [2.05, 4.69) is 32.7 Å². The molecule has 1 aromatic rings. The van der Waals surface area contributed by atoms with Crippen molar-refractivity contribution in [2.24, 2.45) is 0 Å². The van der Waals surface area contributed by atoms with Gasteiger partial charge in [0.25, 0.3) is 0 Å². The average Bonchev–Trinajstić information content (AvgIpc) is 2.70. The second-order valence-corrected chi connectivity index (χ2v) is 3.22. The van der Waals surface area contributed by atoms with Crippen molar-refractivity contribution in [2.45, 2.75) is 23.2 Å². The standard InChI is InChI=1S/C6H7IN2O/c7-3-5-8-6(10-9-5)4-1-2-4/h4H,1-3H2.